The number of aliphatic hydroxyl groups excluding tert-OH is 1. The molecule has 7 rings (SSSR count). The Morgan fingerprint density at radius 2 is 1.52 bits per heavy atom. The number of carbonyl (C=O) groups excluding carboxylic acids is 2. The number of amides is 2. The Morgan fingerprint density at radius 3 is 2.10 bits per heavy atom. The lowest BCUT2D eigenvalue weighted by Crippen LogP contribution is -2.65. The Bertz CT molecular complexity index is 2060. The number of hydrogen-bond acceptors (Lipinski definition) is 6. The number of carbonyl (C=O) groups is 2. The number of ether oxygens (including phenoxy) is 2. The molecule has 2 aromatic carbocycles. The molecule has 2 saturated carbocycles. The van der Waals surface area contributed by atoms with E-state index in [1.807, 2.05) is 0 Å². The van der Waals surface area contributed by atoms with Gasteiger partial charge in [-0.05, 0) is 94.0 Å². The molecule has 3 heterocycles. The monoisotopic (exact) mass is 872 g/mol. The van der Waals surface area contributed by atoms with E-state index in [-0.39, 0.29) is 95.9 Å². The van der Waals surface area contributed by atoms with Crippen LogP contribution in [-0.2, 0) is 33.6 Å². The lowest BCUT2D eigenvalue weighted by molar-refractivity contribution is -0.205. The van der Waals surface area contributed by atoms with Crippen LogP contribution >= 0.6 is 0 Å². The molecule has 4 fully saturated rings. The number of likely N-dealkylation sites (tertiary alicyclic amines) is 2. The molecule has 1 spiro atoms. The number of rotatable bonds is 11. The molecule has 4 aliphatic rings. The highest BCUT2D eigenvalue weighted by Gasteiger charge is 2.71. The first-order valence-electron chi connectivity index (χ1n) is 20.4. The Kier molecular flexibility index (Phi) is 11.9. The number of aliphatic hydroxyl groups is 1. The zero-order valence-corrected chi connectivity index (χ0v) is 34.0. The van der Waals surface area contributed by atoms with E-state index in [2.05, 4.69) is 5.10 Å². The fraction of sp³-hybridized carbons (Fsp3) is 0.605. The summed E-state index contributed by atoms with van der Waals surface area (Å²) in [5.41, 5.74) is -2.50. The van der Waals surface area contributed by atoms with Crippen LogP contribution in [0.2, 0.25) is 0 Å². The van der Waals surface area contributed by atoms with Crippen molar-refractivity contribution in [2.24, 2.45) is 22.7 Å². The van der Waals surface area contributed by atoms with Gasteiger partial charge in [-0.15, -0.1) is 0 Å². The molecule has 2 aliphatic carbocycles. The second kappa shape index (κ2) is 16.2. The summed E-state index contributed by atoms with van der Waals surface area (Å²) in [5.74, 6) is -3.53. The van der Waals surface area contributed by atoms with Crippen molar-refractivity contribution in [3.05, 3.63) is 88.2 Å². The molecule has 2 unspecified atom stereocenters. The van der Waals surface area contributed by atoms with Crippen molar-refractivity contribution in [3.8, 4) is 0 Å². The third-order valence-electron chi connectivity index (χ3n) is 12.8. The van der Waals surface area contributed by atoms with Gasteiger partial charge in [0.2, 0.25) is 5.91 Å². The van der Waals surface area contributed by atoms with Crippen LogP contribution in [0.5, 0.6) is 0 Å². The summed E-state index contributed by atoms with van der Waals surface area (Å²) in [6.45, 7) is 5.46. The predicted octanol–water partition coefficient (Wildman–Crippen LogP) is 9.05. The molecule has 2 amide bonds. The van der Waals surface area contributed by atoms with Crippen molar-refractivity contribution in [2.75, 3.05) is 32.8 Å². The van der Waals surface area contributed by atoms with E-state index >= 15 is 0 Å². The highest BCUT2D eigenvalue weighted by molar-refractivity contribution is 5.94. The third-order valence-corrected chi connectivity index (χ3v) is 12.8. The standard InChI is InChI=1S/C43H49F9N4O5/c1-38(2,3)61-36(58)34-28(5-4-6-33(34)27-9-13-31(14-10-27)42(47,48)49)21-60-22-32-20-54(23-39(32)24-55(25-39)37(59)40(15-16-40)43(50,51)52)35(57)29-17-53-56(19-29)18-26-7-11-30(12-8-26)41(44,45)46/h4-8,11-12,17,19,27,31-32,36,58H,9-10,13-16,18,20-25H2,1-3H3. The van der Waals surface area contributed by atoms with Crippen LogP contribution in [0.15, 0.2) is 54.9 Å². The average Bonchev–Trinajstić information content (AvgIpc) is 3.72. The fourth-order valence-corrected chi connectivity index (χ4v) is 9.26. The molecule has 334 valence electrons. The molecular formula is C43H49F9N4O5. The smallest absolute Gasteiger partial charge is 0.376 e. The second-order valence-electron chi connectivity index (χ2n) is 18.2. The highest BCUT2D eigenvalue weighted by atomic mass is 19.4. The summed E-state index contributed by atoms with van der Waals surface area (Å²) in [5, 5.41) is 15.7. The lowest BCUT2D eigenvalue weighted by atomic mass is 9.71. The van der Waals surface area contributed by atoms with Gasteiger partial charge >= 0.3 is 18.5 Å². The van der Waals surface area contributed by atoms with Gasteiger partial charge in [0.25, 0.3) is 5.91 Å². The first-order valence-corrected chi connectivity index (χ1v) is 20.4. The van der Waals surface area contributed by atoms with Crippen molar-refractivity contribution in [3.63, 3.8) is 0 Å². The van der Waals surface area contributed by atoms with E-state index in [0.717, 1.165) is 12.1 Å². The molecule has 2 aliphatic heterocycles. The quantitative estimate of drug-likeness (QED) is 0.153. The fourth-order valence-electron chi connectivity index (χ4n) is 9.26. The first kappa shape index (κ1) is 44.9. The average molecular weight is 873 g/mol. The van der Waals surface area contributed by atoms with Gasteiger partial charge in [-0.25, -0.2) is 0 Å². The number of alkyl halides is 9. The van der Waals surface area contributed by atoms with Gasteiger partial charge in [0.1, 0.15) is 5.41 Å². The number of aromatic nitrogens is 2. The van der Waals surface area contributed by atoms with Crippen molar-refractivity contribution in [1.82, 2.24) is 19.6 Å². The van der Waals surface area contributed by atoms with Gasteiger partial charge in [0, 0.05) is 49.3 Å². The number of benzene rings is 2. The molecule has 18 heteroatoms. The summed E-state index contributed by atoms with van der Waals surface area (Å²) in [6.07, 6.45) is -12.3. The van der Waals surface area contributed by atoms with E-state index in [1.54, 1.807) is 39.0 Å². The van der Waals surface area contributed by atoms with Crippen LogP contribution in [0.1, 0.15) is 110 Å². The van der Waals surface area contributed by atoms with Crippen LogP contribution in [0.3, 0.4) is 0 Å². The minimum Gasteiger partial charge on any atom is -0.376 e. The van der Waals surface area contributed by atoms with E-state index in [0.29, 0.717) is 22.3 Å². The molecule has 2 atom stereocenters. The normalized spacial score (nSPS) is 23.3. The minimum absolute atomic E-state index is 0.0139. The van der Waals surface area contributed by atoms with Crippen LogP contribution < -0.4 is 0 Å². The Hall–Kier alpha value is -4.16. The number of halogens is 9. The van der Waals surface area contributed by atoms with Crippen LogP contribution in [-0.4, -0.2) is 87.2 Å². The van der Waals surface area contributed by atoms with E-state index < -0.39 is 70.5 Å². The molecule has 3 aromatic rings. The van der Waals surface area contributed by atoms with Gasteiger partial charge in [0.05, 0.1) is 48.6 Å². The molecule has 1 aromatic heterocycles. The van der Waals surface area contributed by atoms with E-state index in [4.69, 9.17) is 9.47 Å². The Labute approximate surface area is 347 Å². The van der Waals surface area contributed by atoms with E-state index in [9.17, 15) is 54.2 Å². The van der Waals surface area contributed by atoms with Gasteiger partial charge in [-0.2, -0.15) is 44.6 Å². The topological polar surface area (TPSA) is 97.1 Å². The second-order valence-corrected chi connectivity index (χ2v) is 18.2. The van der Waals surface area contributed by atoms with Crippen molar-refractivity contribution < 1.29 is 63.7 Å². The molecule has 2 saturated heterocycles. The Balaban J connectivity index is 1.08. The van der Waals surface area contributed by atoms with Gasteiger partial charge in [0.15, 0.2) is 6.29 Å². The van der Waals surface area contributed by atoms with Crippen molar-refractivity contribution in [1.29, 1.82) is 0 Å². The predicted molar refractivity (Wildman–Crippen MR) is 202 cm³/mol. The van der Waals surface area contributed by atoms with Gasteiger partial charge in [-0.3, -0.25) is 14.3 Å². The van der Waals surface area contributed by atoms with Crippen LogP contribution in [0.25, 0.3) is 0 Å². The SMILES string of the molecule is CC(C)(C)OC(O)c1c(COCC2CN(C(=O)c3cnn(Cc4ccc(C(F)(F)F)cc4)c3)CC23CN(C(=O)C2(C(F)(F)F)CC2)C3)cccc1C1CCC(C(F)(F)F)CC1. The maximum atomic E-state index is 13.9. The molecule has 61 heavy (non-hydrogen) atoms. The first-order chi connectivity index (χ1) is 28.4. The molecule has 0 radical (unpaired) electrons. The zero-order chi connectivity index (χ0) is 44.3. The van der Waals surface area contributed by atoms with E-state index in [1.165, 1.54) is 39.0 Å². The summed E-state index contributed by atoms with van der Waals surface area (Å²) >= 11 is 0. The minimum atomic E-state index is -4.70. The molecule has 1 N–H and O–H groups in total. The molecular weight excluding hydrogens is 823 g/mol. The van der Waals surface area contributed by atoms with Crippen LogP contribution in [0.4, 0.5) is 39.5 Å². The lowest BCUT2D eigenvalue weighted by Gasteiger charge is -2.51. The summed E-state index contributed by atoms with van der Waals surface area (Å²) in [4.78, 5) is 29.9. The molecule has 9 nitrogen and oxygen atoms in total. The number of nitrogens with zero attached hydrogens (tertiary/aromatic N) is 4. The van der Waals surface area contributed by atoms with Crippen molar-refractivity contribution in [2.45, 2.75) is 109 Å². The van der Waals surface area contributed by atoms with Gasteiger partial charge in [-0.1, -0.05) is 30.3 Å². The van der Waals surface area contributed by atoms with Crippen molar-refractivity contribution >= 4 is 11.8 Å². The largest absolute Gasteiger partial charge is 0.416 e. The zero-order valence-electron chi connectivity index (χ0n) is 34.0. The highest BCUT2D eigenvalue weighted by Crippen LogP contribution is 2.60. The maximum Gasteiger partial charge on any atom is 0.416 e. The molecule has 0 bridgehead atoms. The summed E-state index contributed by atoms with van der Waals surface area (Å²) < 4.78 is 135. The van der Waals surface area contributed by atoms with Crippen LogP contribution in [0, 0.1) is 22.7 Å². The Morgan fingerprint density at radius 1 is 0.885 bits per heavy atom. The van der Waals surface area contributed by atoms with Gasteiger partial charge < -0.3 is 24.4 Å². The third kappa shape index (κ3) is 9.46. The summed E-state index contributed by atoms with van der Waals surface area (Å²) in [7, 11) is 0. The summed E-state index contributed by atoms with van der Waals surface area (Å²) in [6, 6.07) is 9.79. The number of hydrogen-bond donors (Lipinski definition) is 1. The maximum absolute atomic E-state index is 13.9.